The fourth-order valence-corrected chi connectivity index (χ4v) is 0.416. The Kier molecular flexibility index (Phi) is 6.80. The Morgan fingerprint density at radius 2 is 2.08 bits per heavy atom. The highest BCUT2D eigenvalue weighted by molar-refractivity contribution is 5.69. The van der Waals surface area contributed by atoms with Crippen molar-refractivity contribution < 1.29 is 24.5 Å². The van der Waals surface area contributed by atoms with E-state index in [4.69, 9.17) is 15.3 Å². The molecule has 0 aliphatic heterocycles. The second-order valence-corrected chi connectivity index (χ2v) is 2.15. The van der Waals surface area contributed by atoms with Crippen molar-refractivity contribution >= 4 is 6.29 Å². The monoisotopic (exact) mass is 188 g/mol. The Labute approximate surface area is 75.2 Å². The number of aliphatic hydroxyl groups is 3. The number of aldehydes is 1. The maximum absolute atomic E-state index is 9.77. The second-order valence-electron chi connectivity index (χ2n) is 2.15. The van der Waals surface area contributed by atoms with Crippen LogP contribution in [-0.4, -0.2) is 40.9 Å². The summed E-state index contributed by atoms with van der Waals surface area (Å²) in [5.74, 6) is 0.375. The first-order chi connectivity index (χ1) is 6.24. The maximum atomic E-state index is 9.77. The molecule has 0 aromatic carbocycles. The summed E-state index contributed by atoms with van der Waals surface area (Å²) in [6, 6.07) is 3.27. The predicted molar refractivity (Wildman–Crippen MR) is 44.3 cm³/mol. The highest BCUT2D eigenvalue weighted by atomic mass is 16.3. The minimum Gasteiger partial charge on any atom is -0.462 e. The van der Waals surface area contributed by atoms with Crippen LogP contribution >= 0.6 is 0 Å². The lowest BCUT2D eigenvalue weighted by molar-refractivity contribution is 0.0450. The molecule has 1 aromatic heterocycles. The topological polar surface area (TPSA) is 90.9 Å². The minimum absolute atomic E-state index is 0.365. The third-order valence-corrected chi connectivity index (χ3v) is 1.08. The quantitative estimate of drug-likeness (QED) is 0.552. The lowest BCUT2D eigenvalue weighted by atomic mass is 10.4. The first-order valence-corrected chi connectivity index (χ1v) is 3.63. The van der Waals surface area contributed by atoms with Crippen molar-refractivity contribution in [2.45, 2.75) is 6.10 Å². The average molecular weight is 188 g/mol. The highest BCUT2D eigenvalue weighted by Gasteiger charge is 1.93. The Morgan fingerprint density at radius 3 is 2.23 bits per heavy atom. The van der Waals surface area contributed by atoms with Gasteiger partial charge in [-0.1, -0.05) is 0 Å². The van der Waals surface area contributed by atoms with Gasteiger partial charge in [0.05, 0.1) is 19.5 Å². The molecule has 1 heterocycles. The first kappa shape index (κ1) is 11.8. The molecule has 5 heteroatoms. The highest BCUT2D eigenvalue weighted by Crippen LogP contribution is 1.92. The molecule has 13 heavy (non-hydrogen) atoms. The summed E-state index contributed by atoms with van der Waals surface area (Å²) in [5, 5.41) is 24.0. The fourth-order valence-electron chi connectivity index (χ4n) is 0.416. The molecule has 0 saturated heterocycles. The van der Waals surface area contributed by atoms with E-state index >= 15 is 0 Å². The number of furan rings is 1. The van der Waals surface area contributed by atoms with E-state index in [0.29, 0.717) is 12.0 Å². The molecular formula is C8H12O5. The summed E-state index contributed by atoms with van der Waals surface area (Å²) < 4.78 is 4.61. The van der Waals surface area contributed by atoms with Crippen LogP contribution < -0.4 is 0 Å². The van der Waals surface area contributed by atoms with Crippen LogP contribution in [0.3, 0.4) is 0 Å². The molecule has 0 saturated carbocycles. The zero-order valence-electron chi connectivity index (χ0n) is 6.96. The second kappa shape index (κ2) is 7.48. The molecule has 74 valence electrons. The minimum atomic E-state index is -0.954. The van der Waals surface area contributed by atoms with Crippen LogP contribution in [0.2, 0.25) is 0 Å². The van der Waals surface area contributed by atoms with Gasteiger partial charge in [-0.3, -0.25) is 4.79 Å². The summed E-state index contributed by atoms with van der Waals surface area (Å²) in [7, 11) is 0. The van der Waals surface area contributed by atoms with Crippen molar-refractivity contribution in [3.05, 3.63) is 24.2 Å². The number of rotatable bonds is 3. The van der Waals surface area contributed by atoms with Gasteiger partial charge in [0.15, 0.2) is 12.0 Å². The van der Waals surface area contributed by atoms with Gasteiger partial charge in [0, 0.05) is 0 Å². The predicted octanol–water partition coefficient (Wildman–Crippen LogP) is -0.576. The van der Waals surface area contributed by atoms with Crippen LogP contribution in [0.5, 0.6) is 0 Å². The Bertz CT molecular complexity index is 202. The van der Waals surface area contributed by atoms with Crippen molar-refractivity contribution in [2.75, 3.05) is 13.2 Å². The molecule has 1 rings (SSSR count). The van der Waals surface area contributed by atoms with Gasteiger partial charge in [-0.15, -0.1) is 0 Å². The number of hydrogen-bond acceptors (Lipinski definition) is 5. The van der Waals surface area contributed by atoms with E-state index in [2.05, 4.69) is 4.42 Å². The summed E-state index contributed by atoms with van der Waals surface area (Å²) in [4.78, 5) is 9.77. The number of carbonyl (C=O) groups is 1. The largest absolute Gasteiger partial charge is 0.462 e. The van der Waals surface area contributed by atoms with Crippen LogP contribution in [0.4, 0.5) is 0 Å². The number of carbonyl (C=O) groups excluding carboxylic acids is 1. The number of hydrogen-bond donors (Lipinski definition) is 3. The summed E-state index contributed by atoms with van der Waals surface area (Å²) in [5.41, 5.74) is 0. The zero-order chi connectivity index (χ0) is 10.1. The molecule has 0 aliphatic carbocycles. The summed E-state index contributed by atoms with van der Waals surface area (Å²) >= 11 is 0. The maximum Gasteiger partial charge on any atom is 0.185 e. The van der Waals surface area contributed by atoms with Crippen LogP contribution in [0, 0.1) is 0 Å². The van der Waals surface area contributed by atoms with Gasteiger partial charge in [-0.2, -0.15) is 0 Å². The van der Waals surface area contributed by atoms with Crippen LogP contribution in [-0.2, 0) is 0 Å². The van der Waals surface area contributed by atoms with Crippen LogP contribution in [0.25, 0.3) is 0 Å². The van der Waals surface area contributed by atoms with E-state index in [1.165, 1.54) is 6.26 Å². The fraction of sp³-hybridized carbons (Fsp3) is 0.375. The van der Waals surface area contributed by atoms with Crippen molar-refractivity contribution in [2.24, 2.45) is 0 Å². The van der Waals surface area contributed by atoms with E-state index < -0.39 is 6.10 Å². The smallest absolute Gasteiger partial charge is 0.185 e. The van der Waals surface area contributed by atoms with E-state index in [1.54, 1.807) is 12.1 Å². The van der Waals surface area contributed by atoms with Gasteiger partial charge in [0.1, 0.15) is 6.10 Å². The third kappa shape index (κ3) is 6.03. The Balaban J connectivity index is 0.000000226. The number of aliphatic hydroxyl groups excluding tert-OH is 3. The third-order valence-electron chi connectivity index (χ3n) is 1.08. The molecule has 0 atom stereocenters. The van der Waals surface area contributed by atoms with Gasteiger partial charge in [-0.25, -0.2) is 0 Å². The molecule has 0 spiro atoms. The Hall–Kier alpha value is -1.17. The SMILES string of the molecule is O=Cc1ccco1.OCC(O)CO. The summed E-state index contributed by atoms with van der Waals surface area (Å²) in [6.45, 7) is -0.729. The molecule has 0 aliphatic rings. The van der Waals surface area contributed by atoms with Crippen LogP contribution in [0.15, 0.2) is 22.8 Å². The molecule has 0 radical (unpaired) electrons. The lowest BCUT2D eigenvalue weighted by Gasteiger charge is -1.96. The van der Waals surface area contributed by atoms with Gasteiger partial charge in [0.25, 0.3) is 0 Å². The van der Waals surface area contributed by atoms with Crippen molar-refractivity contribution in [3.63, 3.8) is 0 Å². The average Bonchev–Trinajstić information content (AvgIpc) is 2.70. The standard InChI is InChI=1S/C5H4O2.C3H8O3/c6-4-5-2-1-3-7-5;4-1-3(6)2-5/h1-4H;3-6H,1-2H2. The van der Waals surface area contributed by atoms with E-state index in [-0.39, 0.29) is 13.2 Å². The van der Waals surface area contributed by atoms with Crippen molar-refractivity contribution in [1.29, 1.82) is 0 Å². The van der Waals surface area contributed by atoms with Gasteiger partial charge >= 0.3 is 0 Å². The molecule has 1 aromatic rings. The van der Waals surface area contributed by atoms with Crippen LogP contribution in [0.1, 0.15) is 10.6 Å². The summed E-state index contributed by atoms with van der Waals surface area (Å²) in [6.07, 6.45) is 1.17. The van der Waals surface area contributed by atoms with Crippen molar-refractivity contribution in [3.8, 4) is 0 Å². The molecular weight excluding hydrogens is 176 g/mol. The van der Waals surface area contributed by atoms with E-state index in [9.17, 15) is 4.79 Å². The molecule has 0 unspecified atom stereocenters. The molecule has 3 N–H and O–H groups in total. The molecule has 0 fully saturated rings. The Morgan fingerprint density at radius 1 is 1.46 bits per heavy atom. The van der Waals surface area contributed by atoms with Gasteiger partial charge in [0.2, 0.25) is 0 Å². The van der Waals surface area contributed by atoms with Gasteiger partial charge in [-0.05, 0) is 12.1 Å². The molecule has 5 nitrogen and oxygen atoms in total. The molecule has 0 bridgehead atoms. The zero-order valence-corrected chi connectivity index (χ0v) is 6.96. The first-order valence-electron chi connectivity index (χ1n) is 3.63. The van der Waals surface area contributed by atoms with E-state index in [1.807, 2.05) is 0 Å². The lowest BCUT2D eigenvalue weighted by Crippen LogP contribution is -2.15. The van der Waals surface area contributed by atoms with E-state index in [0.717, 1.165) is 0 Å². The molecule has 0 amide bonds. The van der Waals surface area contributed by atoms with Crippen molar-refractivity contribution in [1.82, 2.24) is 0 Å². The normalized spacial score (nSPS) is 9.23. The van der Waals surface area contributed by atoms with Gasteiger partial charge < -0.3 is 19.7 Å².